The fraction of sp³-hybridized carbons (Fsp3) is 0. The SMILES string of the molecule is Nc1cc(F)cc(F)c1-n1cc[nH]c1=O. The number of halogens is 2. The number of imidazole rings is 1. The number of hydrogen-bond donors (Lipinski definition) is 2. The number of hydrogen-bond acceptors (Lipinski definition) is 2. The van der Waals surface area contributed by atoms with Crippen molar-refractivity contribution in [2.24, 2.45) is 0 Å². The second kappa shape index (κ2) is 3.23. The molecule has 0 aliphatic rings. The van der Waals surface area contributed by atoms with Crippen LogP contribution < -0.4 is 11.4 Å². The number of nitrogens with one attached hydrogen (secondary N) is 1. The van der Waals surface area contributed by atoms with Crippen LogP contribution in [-0.4, -0.2) is 9.55 Å². The molecule has 0 unspecified atom stereocenters. The van der Waals surface area contributed by atoms with Gasteiger partial charge in [-0.25, -0.2) is 13.6 Å². The average molecular weight is 211 g/mol. The number of nitrogens with zero attached hydrogens (tertiary/aromatic N) is 1. The number of H-pyrrole nitrogens is 1. The predicted molar refractivity (Wildman–Crippen MR) is 50.7 cm³/mol. The average Bonchev–Trinajstić information content (AvgIpc) is 2.50. The van der Waals surface area contributed by atoms with E-state index in [4.69, 9.17) is 5.73 Å². The van der Waals surface area contributed by atoms with E-state index in [0.717, 1.165) is 10.6 Å². The summed E-state index contributed by atoms with van der Waals surface area (Å²) >= 11 is 0. The van der Waals surface area contributed by atoms with Crippen molar-refractivity contribution in [3.63, 3.8) is 0 Å². The molecule has 0 radical (unpaired) electrons. The van der Waals surface area contributed by atoms with Crippen LogP contribution in [0.4, 0.5) is 14.5 Å². The Kier molecular flexibility index (Phi) is 2.03. The van der Waals surface area contributed by atoms with Gasteiger partial charge in [-0.3, -0.25) is 4.57 Å². The van der Waals surface area contributed by atoms with Gasteiger partial charge in [-0.05, 0) is 6.07 Å². The summed E-state index contributed by atoms with van der Waals surface area (Å²) in [6.07, 6.45) is 2.65. The van der Waals surface area contributed by atoms with Crippen LogP contribution >= 0.6 is 0 Å². The van der Waals surface area contributed by atoms with Crippen molar-refractivity contribution in [2.75, 3.05) is 5.73 Å². The molecule has 0 aliphatic carbocycles. The van der Waals surface area contributed by atoms with Crippen molar-refractivity contribution >= 4 is 5.69 Å². The topological polar surface area (TPSA) is 63.8 Å². The second-order valence-electron chi connectivity index (χ2n) is 2.96. The third kappa shape index (κ3) is 1.50. The maximum atomic E-state index is 13.4. The van der Waals surface area contributed by atoms with Crippen LogP contribution in [0, 0.1) is 11.6 Å². The molecule has 4 nitrogen and oxygen atoms in total. The van der Waals surface area contributed by atoms with Gasteiger partial charge in [0.15, 0.2) is 5.82 Å². The van der Waals surface area contributed by atoms with Gasteiger partial charge in [0.2, 0.25) is 0 Å². The lowest BCUT2D eigenvalue weighted by atomic mass is 10.2. The highest BCUT2D eigenvalue weighted by Crippen LogP contribution is 2.20. The number of aromatic nitrogens is 2. The Labute approximate surface area is 83.0 Å². The summed E-state index contributed by atoms with van der Waals surface area (Å²) in [5.41, 5.74) is 4.61. The van der Waals surface area contributed by atoms with E-state index < -0.39 is 17.3 Å². The number of benzene rings is 1. The summed E-state index contributed by atoms with van der Waals surface area (Å²) in [6.45, 7) is 0. The highest BCUT2D eigenvalue weighted by molar-refractivity contribution is 5.58. The molecule has 0 atom stereocenters. The molecule has 0 spiro atoms. The molecule has 6 heteroatoms. The number of rotatable bonds is 1. The predicted octanol–water partition coefficient (Wildman–Crippen LogP) is 1.03. The van der Waals surface area contributed by atoms with Crippen molar-refractivity contribution in [1.82, 2.24) is 9.55 Å². The normalized spacial score (nSPS) is 10.5. The number of nitrogens with two attached hydrogens (primary N) is 1. The largest absolute Gasteiger partial charge is 0.397 e. The lowest BCUT2D eigenvalue weighted by Gasteiger charge is -2.06. The zero-order chi connectivity index (χ0) is 11.0. The summed E-state index contributed by atoms with van der Waals surface area (Å²) in [4.78, 5) is 13.5. The Hall–Kier alpha value is -2.11. The van der Waals surface area contributed by atoms with E-state index >= 15 is 0 Å². The minimum absolute atomic E-state index is 0.130. The Morgan fingerprint density at radius 2 is 2.07 bits per heavy atom. The van der Waals surface area contributed by atoms with Crippen LogP contribution in [0.1, 0.15) is 0 Å². The minimum Gasteiger partial charge on any atom is -0.397 e. The third-order valence-electron chi connectivity index (χ3n) is 1.95. The van der Waals surface area contributed by atoms with Crippen LogP contribution in [-0.2, 0) is 0 Å². The zero-order valence-electron chi connectivity index (χ0n) is 7.50. The van der Waals surface area contributed by atoms with Crippen LogP contribution in [0.2, 0.25) is 0 Å². The maximum Gasteiger partial charge on any atom is 0.330 e. The first-order valence-corrected chi connectivity index (χ1v) is 4.10. The van der Waals surface area contributed by atoms with E-state index in [1.54, 1.807) is 0 Å². The molecule has 78 valence electrons. The molecule has 3 N–H and O–H groups in total. The molecule has 0 saturated carbocycles. The summed E-state index contributed by atoms with van der Waals surface area (Å²) < 4.78 is 27.1. The lowest BCUT2D eigenvalue weighted by molar-refractivity contribution is 0.578. The van der Waals surface area contributed by atoms with Crippen molar-refractivity contribution < 1.29 is 8.78 Å². The van der Waals surface area contributed by atoms with E-state index in [1.807, 2.05) is 0 Å². The van der Waals surface area contributed by atoms with Gasteiger partial charge >= 0.3 is 5.69 Å². The van der Waals surface area contributed by atoms with E-state index in [0.29, 0.717) is 6.07 Å². The van der Waals surface area contributed by atoms with Crippen molar-refractivity contribution in [1.29, 1.82) is 0 Å². The number of anilines is 1. The van der Waals surface area contributed by atoms with Crippen molar-refractivity contribution in [3.05, 3.63) is 46.6 Å². The van der Waals surface area contributed by atoms with Gasteiger partial charge in [-0.1, -0.05) is 0 Å². The zero-order valence-corrected chi connectivity index (χ0v) is 7.50. The molecule has 0 bridgehead atoms. The molecular formula is C9H7F2N3O. The molecule has 0 saturated heterocycles. The van der Waals surface area contributed by atoms with E-state index in [1.165, 1.54) is 12.4 Å². The minimum atomic E-state index is -0.880. The van der Waals surface area contributed by atoms with E-state index in [2.05, 4.69) is 4.98 Å². The van der Waals surface area contributed by atoms with Gasteiger partial charge < -0.3 is 10.7 Å². The maximum absolute atomic E-state index is 13.4. The van der Waals surface area contributed by atoms with Crippen LogP contribution in [0.5, 0.6) is 0 Å². The van der Waals surface area contributed by atoms with Gasteiger partial charge in [0.25, 0.3) is 0 Å². The number of nitrogen functional groups attached to an aromatic ring is 1. The monoisotopic (exact) mass is 211 g/mol. The number of aromatic amines is 1. The molecule has 0 fully saturated rings. The summed E-state index contributed by atoms with van der Waals surface area (Å²) in [6, 6.07) is 1.63. The molecule has 15 heavy (non-hydrogen) atoms. The second-order valence-corrected chi connectivity index (χ2v) is 2.96. The smallest absolute Gasteiger partial charge is 0.330 e. The standard InChI is InChI=1S/C9H7F2N3O/c10-5-3-6(11)8(7(12)4-5)14-2-1-13-9(14)15/h1-4H,12H2,(H,13,15). The Morgan fingerprint density at radius 1 is 1.33 bits per heavy atom. The summed E-state index contributed by atoms with van der Waals surface area (Å²) in [7, 11) is 0. The molecule has 1 aromatic heterocycles. The van der Waals surface area contributed by atoms with Gasteiger partial charge in [0.05, 0.1) is 5.69 Å². The fourth-order valence-corrected chi connectivity index (χ4v) is 1.34. The third-order valence-corrected chi connectivity index (χ3v) is 1.95. The first kappa shape index (κ1) is 9.45. The molecule has 2 rings (SSSR count). The summed E-state index contributed by atoms with van der Waals surface area (Å²) in [5.74, 6) is -1.66. The van der Waals surface area contributed by atoms with E-state index in [-0.39, 0.29) is 11.4 Å². The fourth-order valence-electron chi connectivity index (χ4n) is 1.34. The van der Waals surface area contributed by atoms with Crippen LogP contribution in [0.15, 0.2) is 29.3 Å². The first-order valence-electron chi connectivity index (χ1n) is 4.10. The summed E-state index contributed by atoms with van der Waals surface area (Å²) in [5, 5.41) is 0. The van der Waals surface area contributed by atoms with Crippen molar-refractivity contribution in [2.45, 2.75) is 0 Å². The molecule has 2 aromatic rings. The molecular weight excluding hydrogens is 204 g/mol. The molecule has 0 aliphatic heterocycles. The Bertz CT molecular complexity index is 535. The van der Waals surface area contributed by atoms with Crippen LogP contribution in [0.3, 0.4) is 0 Å². The Balaban J connectivity index is 2.74. The first-order chi connectivity index (χ1) is 7.09. The quantitative estimate of drug-likeness (QED) is 0.692. The van der Waals surface area contributed by atoms with Gasteiger partial charge in [-0.15, -0.1) is 0 Å². The van der Waals surface area contributed by atoms with Gasteiger partial charge in [-0.2, -0.15) is 0 Å². The van der Waals surface area contributed by atoms with Crippen molar-refractivity contribution in [3.8, 4) is 5.69 Å². The molecule has 1 aromatic carbocycles. The van der Waals surface area contributed by atoms with Crippen LogP contribution in [0.25, 0.3) is 5.69 Å². The highest BCUT2D eigenvalue weighted by atomic mass is 19.1. The molecule has 0 amide bonds. The van der Waals surface area contributed by atoms with Gasteiger partial charge in [0, 0.05) is 18.5 Å². The highest BCUT2D eigenvalue weighted by Gasteiger charge is 2.12. The van der Waals surface area contributed by atoms with Gasteiger partial charge in [0.1, 0.15) is 11.5 Å². The lowest BCUT2D eigenvalue weighted by Crippen LogP contribution is -2.17. The Morgan fingerprint density at radius 3 is 2.60 bits per heavy atom. The molecule has 1 heterocycles. The van der Waals surface area contributed by atoms with E-state index in [9.17, 15) is 13.6 Å².